The van der Waals surface area contributed by atoms with E-state index in [1.165, 1.54) is 16.7 Å². The SMILES string of the molecule is CCc1ccc(Cc2ccc(C(N)=O)cc2)cc1. The molecule has 0 saturated carbocycles. The van der Waals surface area contributed by atoms with E-state index >= 15 is 0 Å². The van der Waals surface area contributed by atoms with E-state index in [1.54, 1.807) is 12.1 Å². The molecule has 92 valence electrons. The van der Waals surface area contributed by atoms with Crippen molar-refractivity contribution in [2.45, 2.75) is 19.8 Å². The number of rotatable bonds is 4. The van der Waals surface area contributed by atoms with E-state index in [1.807, 2.05) is 12.1 Å². The summed E-state index contributed by atoms with van der Waals surface area (Å²) in [6, 6.07) is 16.1. The molecule has 0 aromatic heterocycles. The van der Waals surface area contributed by atoms with Crippen LogP contribution in [0, 0.1) is 0 Å². The van der Waals surface area contributed by atoms with Crippen LogP contribution < -0.4 is 5.73 Å². The van der Waals surface area contributed by atoms with Crippen molar-refractivity contribution in [3.05, 3.63) is 70.8 Å². The van der Waals surface area contributed by atoms with Crippen molar-refractivity contribution in [2.24, 2.45) is 5.73 Å². The number of carbonyl (C=O) groups excluding carboxylic acids is 1. The molecule has 1 amide bonds. The van der Waals surface area contributed by atoms with Gasteiger partial charge in [-0.15, -0.1) is 0 Å². The molecule has 2 nitrogen and oxygen atoms in total. The minimum atomic E-state index is -0.381. The summed E-state index contributed by atoms with van der Waals surface area (Å²) < 4.78 is 0. The van der Waals surface area contributed by atoms with Gasteiger partial charge in [-0.1, -0.05) is 43.3 Å². The fourth-order valence-corrected chi connectivity index (χ4v) is 1.92. The van der Waals surface area contributed by atoms with Crippen molar-refractivity contribution < 1.29 is 4.79 Å². The largest absolute Gasteiger partial charge is 0.366 e. The summed E-state index contributed by atoms with van der Waals surface area (Å²) in [7, 11) is 0. The van der Waals surface area contributed by atoms with Crippen LogP contribution >= 0.6 is 0 Å². The lowest BCUT2D eigenvalue weighted by atomic mass is 10.0. The lowest BCUT2D eigenvalue weighted by molar-refractivity contribution is 0.100. The zero-order valence-corrected chi connectivity index (χ0v) is 10.5. The summed E-state index contributed by atoms with van der Waals surface area (Å²) >= 11 is 0. The number of carbonyl (C=O) groups is 1. The third-order valence-electron chi connectivity index (χ3n) is 3.08. The summed E-state index contributed by atoms with van der Waals surface area (Å²) in [6.07, 6.45) is 1.94. The zero-order valence-electron chi connectivity index (χ0n) is 10.5. The molecule has 2 N–H and O–H groups in total. The third-order valence-corrected chi connectivity index (χ3v) is 3.08. The third kappa shape index (κ3) is 2.98. The van der Waals surface area contributed by atoms with Crippen LogP contribution in [0.2, 0.25) is 0 Å². The first-order chi connectivity index (χ1) is 8.69. The average molecular weight is 239 g/mol. The minimum Gasteiger partial charge on any atom is -0.366 e. The van der Waals surface area contributed by atoms with Crippen molar-refractivity contribution in [1.29, 1.82) is 0 Å². The van der Waals surface area contributed by atoms with Crippen LogP contribution in [-0.4, -0.2) is 5.91 Å². The maximum Gasteiger partial charge on any atom is 0.248 e. The van der Waals surface area contributed by atoms with Gasteiger partial charge in [-0.3, -0.25) is 4.79 Å². The molecule has 0 saturated heterocycles. The molecule has 0 unspecified atom stereocenters. The van der Waals surface area contributed by atoms with Crippen LogP contribution in [0.4, 0.5) is 0 Å². The predicted octanol–water partition coefficient (Wildman–Crippen LogP) is 2.94. The molecule has 0 atom stereocenters. The van der Waals surface area contributed by atoms with Gasteiger partial charge in [0, 0.05) is 5.56 Å². The van der Waals surface area contributed by atoms with E-state index < -0.39 is 0 Å². The van der Waals surface area contributed by atoms with Gasteiger partial charge in [-0.25, -0.2) is 0 Å². The second-order valence-electron chi connectivity index (χ2n) is 4.41. The highest BCUT2D eigenvalue weighted by molar-refractivity contribution is 5.92. The Balaban J connectivity index is 2.10. The molecule has 0 heterocycles. The van der Waals surface area contributed by atoms with Gasteiger partial charge in [0.25, 0.3) is 0 Å². The first kappa shape index (κ1) is 12.4. The van der Waals surface area contributed by atoms with Crippen molar-refractivity contribution in [3.8, 4) is 0 Å². The molecule has 2 rings (SSSR count). The van der Waals surface area contributed by atoms with Crippen molar-refractivity contribution in [1.82, 2.24) is 0 Å². The molecule has 2 aromatic rings. The Morgan fingerprint density at radius 1 is 0.889 bits per heavy atom. The van der Waals surface area contributed by atoms with E-state index in [0.29, 0.717) is 5.56 Å². The number of nitrogens with two attached hydrogens (primary N) is 1. The number of amides is 1. The predicted molar refractivity (Wildman–Crippen MR) is 73.6 cm³/mol. The van der Waals surface area contributed by atoms with Crippen LogP contribution in [0.25, 0.3) is 0 Å². The summed E-state index contributed by atoms with van der Waals surface area (Å²) in [5.41, 5.74) is 9.58. The van der Waals surface area contributed by atoms with Crippen molar-refractivity contribution in [2.75, 3.05) is 0 Å². The Labute approximate surface area is 107 Å². The quantitative estimate of drug-likeness (QED) is 0.875. The van der Waals surface area contributed by atoms with Crippen molar-refractivity contribution in [3.63, 3.8) is 0 Å². The highest BCUT2D eigenvalue weighted by atomic mass is 16.1. The molecule has 0 spiro atoms. The standard InChI is InChI=1S/C16H17NO/c1-2-12-3-5-13(6-4-12)11-14-7-9-15(10-8-14)16(17)18/h3-10H,2,11H2,1H3,(H2,17,18). The summed E-state index contributed by atoms with van der Waals surface area (Å²) in [6.45, 7) is 2.15. The lowest BCUT2D eigenvalue weighted by Gasteiger charge is -2.04. The topological polar surface area (TPSA) is 43.1 Å². The highest BCUT2D eigenvalue weighted by Crippen LogP contribution is 2.12. The number of aryl methyl sites for hydroxylation is 1. The first-order valence-electron chi connectivity index (χ1n) is 6.15. The van der Waals surface area contributed by atoms with Gasteiger partial charge in [0.15, 0.2) is 0 Å². The maximum atomic E-state index is 11.0. The van der Waals surface area contributed by atoms with Crippen LogP contribution in [-0.2, 0) is 12.8 Å². The van der Waals surface area contributed by atoms with Gasteiger partial charge in [0.2, 0.25) is 5.91 Å². The van der Waals surface area contributed by atoms with Crippen LogP contribution in [0.1, 0.15) is 34.0 Å². The fourth-order valence-electron chi connectivity index (χ4n) is 1.92. The second kappa shape index (κ2) is 5.50. The molecule has 2 aromatic carbocycles. The van der Waals surface area contributed by atoms with Crippen LogP contribution in [0.5, 0.6) is 0 Å². The molecule has 18 heavy (non-hydrogen) atoms. The lowest BCUT2D eigenvalue weighted by Crippen LogP contribution is -2.10. The van der Waals surface area contributed by atoms with E-state index in [4.69, 9.17) is 5.73 Å². The minimum absolute atomic E-state index is 0.381. The molecule has 2 heteroatoms. The van der Waals surface area contributed by atoms with Crippen molar-refractivity contribution >= 4 is 5.91 Å². The van der Waals surface area contributed by atoms with Gasteiger partial charge < -0.3 is 5.73 Å². The maximum absolute atomic E-state index is 11.0. The van der Waals surface area contributed by atoms with Gasteiger partial charge in [0.1, 0.15) is 0 Å². The summed E-state index contributed by atoms with van der Waals surface area (Å²) in [5.74, 6) is -0.381. The zero-order chi connectivity index (χ0) is 13.0. The summed E-state index contributed by atoms with van der Waals surface area (Å²) in [4.78, 5) is 11.0. The Kier molecular flexibility index (Phi) is 3.78. The van der Waals surface area contributed by atoms with E-state index in [9.17, 15) is 4.79 Å². The molecule has 0 fully saturated rings. The Hall–Kier alpha value is -2.09. The van der Waals surface area contributed by atoms with Gasteiger partial charge >= 0.3 is 0 Å². The molecule has 0 aliphatic rings. The number of primary amides is 1. The van der Waals surface area contributed by atoms with E-state index in [0.717, 1.165) is 12.8 Å². The Morgan fingerprint density at radius 2 is 1.33 bits per heavy atom. The fraction of sp³-hybridized carbons (Fsp3) is 0.188. The highest BCUT2D eigenvalue weighted by Gasteiger charge is 2.01. The van der Waals surface area contributed by atoms with Crippen LogP contribution in [0.15, 0.2) is 48.5 Å². The van der Waals surface area contributed by atoms with Crippen LogP contribution in [0.3, 0.4) is 0 Å². The normalized spacial score (nSPS) is 10.3. The molecular formula is C16H17NO. The van der Waals surface area contributed by atoms with E-state index in [-0.39, 0.29) is 5.91 Å². The average Bonchev–Trinajstić information content (AvgIpc) is 2.40. The van der Waals surface area contributed by atoms with E-state index in [2.05, 4.69) is 31.2 Å². The molecule has 0 aliphatic carbocycles. The number of hydrogen-bond donors (Lipinski definition) is 1. The molecule has 0 radical (unpaired) electrons. The molecule has 0 bridgehead atoms. The smallest absolute Gasteiger partial charge is 0.248 e. The number of hydrogen-bond acceptors (Lipinski definition) is 1. The Morgan fingerprint density at radius 3 is 1.78 bits per heavy atom. The van der Waals surface area contributed by atoms with Gasteiger partial charge in [-0.2, -0.15) is 0 Å². The van der Waals surface area contributed by atoms with Gasteiger partial charge in [-0.05, 0) is 41.7 Å². The summed E-state index contributed by atoms with van der Waals surface area (Å²) in [5, 5.41) is 0. The first-order valence-corrected chi connectivity index (χ1v) is 6.15. The monoisotopic (exact) mass is 239 g/mol. The molecular weight excluding hydrogens is 222 g/mol. The molecule has 0 aliphatic heterocycles. The Bertz CT molecular complexity index is 526. The second-order valence-corrected chi connectivity index (χ2v) is 4.41. The number of benzene rings is 2. The van der Waals surface area contributed by atoms with Gasteiger partial charge in [0.05, 0.1) is 0 Å².